The summed E-state index contributed by atoms with van der Waals surface area (Å²) in [4.78, 5) is 0. The Balaban J connectivity index is 1.43. The zero-order valence-electron chi connectivity index (χ0n) is 19.4. The highest BCUT2D eigenvalue weighted by Gasteiger charge is 2.49. The van der Waals surface area contributed by atoms with Crippen molar-refractivity contribution in [2.75, 3.05) is 13.7 Å². The smallest absolute Gasteiger partial charge is 0.186 e. The summed E-state index contributed by atoms with van der Waals surface area (Å²) in [6.07, 6.45) is -3.29. The molecule has 0 radical (unpaired) electrons. The first kappa shape index (κ1) is 24.5. The van der Waals surface area contributed by atoms with Crippen molar-refractivity contribution in [3.63, 3.8) is 0 Å². The fourth-order valence-corrected chi connectivity index (χ4v) is 4.01. The Morgan fingerprint density at radius 1 is 0.706 bits per heavy atom. The van der Waals surface area contributed by atoms with Crippen molar-refractivity contribution in [2.45, 2.75) is 50.5 Å². The predicted octanol–water partition coefficient (Wildman–Crippen LogP) is 4.11. The van der Waals surface area contributed by atoms with Gasteiger partial charge >= 0.3 is 0 Å². The van der Waals surface area contributed by atoms with Gasteiger partial charge in [0, 0.05) is 7.11 Å². The Morgan fingerprint density at radius 3 is 1.68 bits per heavy atom. The summed E-state index contributed by atoms with van der Waals surface area (Å²) in [6, 6.07) is 29.6. The number of benzene rings is 3. The summed E-state index contributed by atoms with van der Waals surface area (Å²) < 4.78 is 29.9. The van der Waals surface area contributed by atoms with Gasteiger partial charge in [0.2, 0.25) is 0 Å². The van der Waals surface area contributed by atoms with Crippen molar-refractivity contribution in [3.05, 3.63) is 108 Å². The summed E-state index contributed by atoms with van der Waals surface area (Å²) in [7, 11) is 1.57. The fraction of sp³-hybridized carbons (Fsp3) is 0.357. The van der Waals surface area contributed by atoms with E-state index >= 15 is 0 Å². The second kappa shape index (κ2) is 12.8. The molecule has 1 fully saturated rings. The van der Waals surface area contributed by atoms with E-state index in [2.05, 4.69) is 0 Å². The van der Waals surface area contributed by atoms with Gasteiger partial charge in [0.25, 0.3) is 0 Å². The van der Waals surface area contributed by atoms with Crippen LogP contribution in [0.2, 0.25) is 0 Å². The van der Waals surface area contributed by atoms with Crippen molar-refractivity contribution in [3.8, 4) is 0 Å². The van der Waals surface area contributed by atoms with Gasteiger partial charge in [-0.1, -0.05) is 91.0 Å². The van der Waals surface area contributed by atoms with Crippen LogP contribution in [0.1, 0.15) is 16.7 Å². The predicted molar refractivity (Wildman–Crippen MR) is 128 cm³/mol. The molecule has 0 amide bonds. The number of ether oxygens (including phenoxy) is 5. The highest BCUT2D eigenvalue weighted by Crippen LogP contribution is 2.31. The molecule has 0 bridgehead atoms. The minimum absolute atomic E-state index is 0.104. The molecule has 180 valence electrons. The molecule has 1 unspecified atom stereocenters. The molecule has 1 N–H and O–H groups in total. The SMILES string of the molecule is COC1O[C@@H]([C@H](O)COCc2ccccc2)[C@H](OCc2ccccc2)[C@H]1OCc1ccccc1. The number of hydrogen-bond acceptors (Lipinski definition) is 6. The highest BCUT2D eigenvalue weighted by atomic mass is 16.7. The Labute approximate surface area is 201 Å². The molecule has 6 heteroatoms. The van der Waals surface area contributed by atoms with Gasteiger partial charge in [-0.25, -0.2) is 0 Å². The first-order chi connectivity index (χ1) is 16.7. The van der Waals surface area contributed by atoms with Gasteiger partial charge in [-0.2, -0.15) is 0 Å². The quantitative estimate of drug-likeness (QED) is 0.435. The van der Waals surface area contributed by atoms with Crippen LogP contribution in [0.25, 0.3) is 0 Å². The van der Waals surface area contributed by atoms with Crippen LogP contribution in [-0.2, 0) is 43.5 Å². The first-order valence-electron chi connectivity index (χ1n) is 11.5. The van der Waals surface area contributed by atoms with E-state index < -0.39 is 30.7 Å². The summed E-state index contributed by atoms with van der Waals surface area (Å²) in [5, 5.41) is 11.0. The third-order valence-corrected chi connectivity index (χ3v) is 5.79. The molecule has 3 aromatic carbocycles. The normalized spacial score (nSPS) is 23.1. The van der Waals surface area contributed by atoms with Crippen LogP contribution in [0.3, 0.4) is 0 Å². The molecule has 0 aromatic heterocycles. The Hall–Kier alpha value is -2.58. The Bertz CT molecular complexity index is 952. The molecule has 0 saturated carbocycles. The average Bonchev–Trinajstić information content (AvgIpc) is 3.25. The van der Waals surface area contributed by atoms with Gasteiger partial charge in [0.1, 0.15) is 24.4 Å². The van der Waals surface area contributed by atoms with E-state index in [0.29, 0.717) is 19.8 Å². The van der Waals surface area contributed by atoms with Gasteiger partial charge in [0.15, 0.2) is 6.29 Å². The molecule has 1 aliphatic heterocycles. The van der Waals surface area contributed by atoms with E-state index in [1.165, 1.54) is 0 Å². The third kappa shape index (κ3) is 6.73. The lowest BCUT2D eigenvalue weighted by Gasteiger charge is -2.26. The maximum absolute atomic E-state index is 11.0. The second-order valence-corrected chi connectivity index (χ2v) is 8.30. The molecule has 4 rings (SSSR count). The summed E-state index contributed by atoms with van der Waals surface area (Å²) in [5.74, 6) is 0. The lowest BCUT2D eigenvalue weighted by Crippen LogP contribution is -2.43. The zero-order chi connectivity index (χ0) is 23.6. The van der Waals surface area contributed by atoms with Gasteiger partial charge < -0.3 is 28.8 Å². The largest absolute Gasteiger partial charge is 0.388 e. The van der Waals surface area contributed by atoms with Gasteiger partial charge in [0.05, 0.1) is 26.4 Å². The van der Waals surface area contributed by atoms with Crippen molar-refractivity contribution in [2.24, 2.45) is 0 Å². The molecule has 6 nitrogen and oxygen atoms in total. The van der Waals surface area contributed by atoms with Crippen LogP contribution in [0, 0.1) is 0 Å². The van der Waals surface area contributed by atoms with Crippen LogP contribution in [0.4, 0.5) is 0 Å². The topological polar surface area (TPSA) is 66.4 Å². The van der Waals surface area contributed by atoms with E-state index in [1.54, 1.807) is 7.11 Å². The standard InChI is InChI=1S/C28H32O6/c1-30-28-27(33-19-23-15-9-4-10-16-23)26(32-18-22-13-7-3-8-14-22)25(34-28)24(29)20-31-17-21-11-5-2-6-12-21/h2-16,24-29H,17-20H2,1H3/t24-,25+,26+,27-,28?/m1/s1. The van der Waals surface area contributed by atoms with Crippen LogP contribution in [-0.4, -0.2) is 49.5 Å². The number of rotatable bonds is 12. The maximum atomic E-state index is 11.0. The molecule has 0 spiro atoms. The zero-order valence-corrected chi connectivity index (χ0v) is 19.4. The molecule has 0 aliphatic carbocycles. The first-order valence-corrected chi connectivity index (χ1v) is 11.5. The number of aliphatic hydroxyl groups excluding tert-OH is 1. The second-order valence-electron chi connectivity index (χ2n) is 8.30. The van der Waals surface area contributed by atoms with E-state index in [0.717, 1.165) is 16.7 Å². The minimum atomic E-state index is -0.910. The molecule has 1 aliphatic rings. The van der Waals surface area contributed by atoms with Crippen molar-refractivity contribution < 1.29 is 28.8 Å². The van der Waals surface area contributed by atoms with Gasteiger partial charge in [-0.3, -0.25) is 0 Å². The van der Waals surface area contributed by atoms with E-state index in [9.17, 15) is 5.11 Å². The van der Waals surface area contributed by atoms with Gasteiger partial charge in [-0.15, -0.1) is 0 Å². The number of methoxy groups -OCH3 is 1. The van der Waals surface area contributed by atoms with Crippen LogP contribution in [0.15, 0.2) is 91.0 Å². The minimum Gasteiger partial charge on any atom is -0.388 e. The summed E-state index contributed by atoms with van der Waals surface area (Å²) in [6.45, 7) is 1.26. The van der Waals surface area contributed by atoms with E-state index in [4.69, 9.17) is 23.7 Å². The molecular weight excluding hydrogens is 432 g/mol. The summed E-state index contributed by atoms with van der Waals surface area (Å²) in [5.41, 5.74) is 3.10. The number of aliphatic hydroxyl groups is 1. The van der Waals surface area contributed by atoms with Crippen molar-refractivity contribution >= 4 is 0 Å². The average molecular weight is 465 g/mol. The lowest BCUT2D eigenvalue weighted by molar-refractivity contribution is -0.178. The maximum Gasteiger partial charge on any atom is 0.186 e. The fourth-order valence-electron chi connectivity index (χ4n) is 4.01. The van der Waals surface area contributed by atoms with Crippen molar-refractivity contribution in [1.29, 1.82) is 0 Å². The Morgan fingerprint density at radius 2 is 1.18 bits per heavy atom. The van der Waals surface area contributed by atoms with Gasteiger partial charge in [-0.05, 0) is 16.7 Å². The lowest BCUT2D eigenvalue weighted by atomic mass is 10.1. The third-order valence-electron chi connectivity index (χ3n) is 5.79. The number of hydrogen-bond donors (Lipinski definition) is 1. The molecular formula is C28H32O6. The molecule has 5 atom stereocenters. The van der Waals surface area contributed by atoms with Crippen LogP contribution in [0.5, 0.6) is 0 Å². The highest BCUT2D eigenvalue weighted by molar-refractivity contribution is 5.15. The molecule has 1 heterocycles. The van der Waals surface area contributed by atoms with Crippen LogP contribution < -0.4 is 0 Å². The molecule has 3 aromatic rings. The monoisotopic (exact) mass is 464 g/mol. The molecule has 34 heavy (non-hydrogen) atoms. The summed E-state index contributed by atoms with van der Waals surface area (Å²) >= 11 is 0. The Kier molecular flexibility index (Phi) is 9.21. The van der Waals surface area contributed by atoms with E-state index in [-0.39, 0.29) is 6.61 Å². The van der Waals surface area contributed by atoms with Crippen LogP contribution >= 0.6 is 0 Å². The van der Waals surface area contributed by atoms with E-state index in [1.807, 2.05) is 91.0 Å². The molecule has 1 saturated heterocycles. The van der Waals surface area contributed by atoms with Crippen molar-refractivity contribution in [1.82, 2.24) is 0 Å².